The van der Waals surface area contributed by atoms with E-state index in [1.165, 1.54) is 18.4 Å². The second-order valence-corrected chi connectivity index (χ2v) is 8.64. The van der Waals surface area contributed by atoms with Gasteiger partial charge in [0.05, 0.1) is 18.9 Å². The Balaban J connectivity index is 1.43. The van der Waals surface area contributed by atoms with Crippen LogP contribution in [0.4, 0.5) is 4.79 Å². The smallest absolute Gasteiger partial charge is 0.407 e. The Morgan fingerprint density at radius 2 is 1.94 bits per heavy atom. The summed E-state index contributed by atoms with van der Waals surface area (Å²) in [6, 6.07) is 10.8. The molecule has 10 nitrogen and oxygen atoms in total. The maximum absolute atomic E-state index is 13.4. The molecule has 0 aliphatic carbocycles. The van der Waals surface area contributed by atoms with Gasteiger partial charge in [0, 0.05) is 36.8 Å². The Labute approximate surface area is 199 Å². The zero-order chi connectivity index (χ0) is 23.5. The van der Waals surface area contributed by atoms with Gasteiger partial charge < -0.3 is 19.7 Å². The van der Waals surface area contributed by atoms with Crippen LogP contribution in [0, 0.1) is 0 Å². The minimum Gasteiger partial charge on any atom is -0.453 e. The molecule has 0 unspecified atom stereocenters. The highest BCUT2D eigenvalue weighted by Gasteiger charge is 2.27. The minimum absolute atomic E-state index is 0.0334. The summed E-state index contributed by atoms with van der Waals surface area (Å²) in [6.45, 7) is 0.981. The molecule has 1 N–H and O–H groups in total. The van der Waals surface area contributed by atoms with Crippen molar-refractivity contribution in [3.8, 4) is 23.0 Å². The molecule has 0 bridgehead atoms. The molecule has 5 rings (SSSR count). The van der Waals surface area contributed by atoms with E-state index in [-0.39, 0.29) is 23.5 Å². The van der Waals surface area contributed by atoms with E-state index in [2.05, 4.69) is 25.1 Å². The average molecular weight is 479 g/mol. The van der Waals surface area contributed by atoms with E-state index >= 15 is 0 Å². The maximum atomic E-state index is 13.4. The maximum Gasteiger partial charge on any atom is 0.407 e. The molecule has 4 heterocycles. The molecule has 11 heteroatoms. The zero-order valence-electron chi connectivity index (χ0n) is 18.4. The molecule has 1 aromatic carbocycles. The zero-order valence-corrected chi connectivity index (χ0v) is 19.2. The summed E-state index contributed by atoms with van der Waals surface area (Å²) in [4.78, 5) is 36.6. The molecule has 0 atom stereocenters. The Bertz CT molecular complexity index is 1310. The molecule has 1 fully saturated rings. The van der Waals surface area contributed by atoms with Gasteiger partial charge in [-0.25, -0.2) is 14.3 Å². The number of para-hydroxylation sites is 1. The van der Waals surface area contributed by atoms with E-state index in [4.69, 9.17) is 4.74 Å². The highest BCUT2D eigenvalue weighted by atomic mass is 32.1. The summed E-state index contributed by atoms with van der Waals surface area (Å²) in [7, 11) is 1.33. The number of nitrogens with zero attached hydrogens (tertiary/aromatic N) is 5. The van der Waals surface area contributed by atoms with Crippen molar-refractivity contribution in [3.63, 3.8) is 0 Å². The summed E-state index contributed by atoms with van der Waals surface area (Å²) >= 11 is 1.51. The van der Waals surface area contributed by atoms with Crippen molar-refractivity contribution >= 4 is 28.2 Å². The molecular formula is C23H22N6O4S. The SMILES string of the molecule is COC(=O)NC1CCN(C(=O)c2cc(Oc3ccccc3)nc(-c3cnn4ccsc34)n2)CC1. The molecule has 0 radical (unpaired) electrons. The number of alkyl carbamates (subject to hydrolysis) is 1. The van der Waals surface area contributed by atoms with Gasteiger partial charge in [0.1, 0.15) is 16.3 Å². The van der Waals surface area contributed by atoms with Crippen molar-refractivity contribution in [1.29, 1.82) is 0 Å². The molecule has 34 heavy (non-hydrogen) atoms. The Hall–Kier alpha value is -3.99. The van der Waals surface area contributed by atoms with E-state index in [0.29, 0.717) is 37.5 Å². The number of ether oxygens (including phenoxy) is 2. The van der Waals surface area contributed by atoms with Crippen molar-refractivity contribution < 1.29 is 19.1 Å². The third-order valence-electron chi connectivity index (χ3n) is 5.55. The van der Waals surface area contributed by atoms with Crippen LogP contribution in [-0.2, 0) is 4.74 Å². The molecule has 2 amide bonds. The number of benzene rings is 1. The van der Waals surface area contributed by atoms with Gasteiger partial charge in [-0.3, -0.25) is 4.79 Å². The van der Waals surface area contributed by atoms with E-state index in [9.17, 15) is 9.59 Å². The fraction of sp³-hybridized carbons (Fsp3) is 0.261. The minimum atomic E-state index is -0.464. The number of hydrogen-bond acceptors (Lipinski definition) is 8. The van der Waals surface area contributed by atoms with Crippen LogP contribution in [0.25, 0.3) is 16.2 Å². The average Bonchev–Trinajstić information content (AvgIpc) is 3.49. The van der Waals surface area contributed by atoms with Crippen LogP contribution >= 0.6 is 11.3 Å². The van der Waals surface area contributed by atoms with Crippen LogP contribution in [0.15, 0.2) is 54.2 Å². The second-order valence-electron chi connectivity index (χ2n) is 7.74. The molecule has 174 valence electrons. The van der Waals surface area contributed by atoms with Crippen LogP contribution in [-0.4, -0.2) is 62.7 Å². The third-order valence-corrected chi connectivity index (χ3v) is 6.44. The Morgan fingerprint density at radius 1 is 1.15 bits per heavy atom. The van der Waals surface area contributed by atoms with E-state index in [1.54, 1.807) is 21.7 Å². The number of piperidine rings is 1. The van der Waals surface area contributed by atoms with E-state index in [0.717, 1.165) is 10.4 Å². The molecule has 4 aromatic rings. The lowest BCUT2D eigenvalue weighted by Gasteiger charge is -2.31. The molecule has 1 aliphatic heterocycles. The lowest BCUT2D eigenvalue weighted by Crippen LogP contribution is -2.46. The summed E-state index contributed by atoms with van der Waals surface area (Å²) < 4.78 is 12.4. The van der Waals surface area contributed by atoms with E-state index < -0.39 is 6.09 Å². The number of hydrogen-bond donors (Lipinski definition) is 1. The number of amides is 2. The van der Waals surface area contributed by atoms with Gasteiger partial charge in [-0.2, -0.15) is 10.1 Å². The first-order chi connectivity index (χ1) is 16.6. The first kappa shape index (κ1) is 21.8. The second kappa shape index (κ2) is 9.48. The first-order valence-corrected chi connectivity index (χ1v) is 11.7. The summed E-state index contributed by atoms with van der Waals surface area (Å²) in [5.74, 6) is 1.04. The molecular weight excluding hydrogens is 456 g/mol. The van der Waals surface area contributed by atoms with Crippen molar-refractivity contribution in [1.82, 2.24) is 29.8 Å². The number of carbonyl (C=O) groups is 2. The quantitative estimate of drug-likeness (QED) is 0.466. The molecule has 3 aromatic heterocycles. The summed E-state index contributed by atoms with van der Waals surface area (Å²) in [6.07, 6.45) is 4.34. The van der Waals surface area contributed by atoms with Gasteiger partial charge in [0.25, 0.3) is 5.91 Å². The van der Waals surface area contributed by atoms with Gasteiger partial charge in [-0.15, -0.1) is 11.3 Å². The van der Waals surface area contributed by atoms with Gasteiger partial charge in [0.2, 0.25) is 5.88 Å². The number of methoxy groups -OCH3 is 1. The van der Waals surface area contributed by atoms with Gasteiger partial charge in [-0.1, -0.05) is 18.2 Å². The first-order valence-electron chi connectivity index (χ1n) is 10.8. The predicted molar refractivity (Wildman–Crippen MR) is 125 cm³/mol. The van der Waals surface area contributed by atoms with Crippen LogP contribution in [0.3, 0.4) is 0 Å². The van der Waals surface area contributed by atoms with Crippen molar-refractivity contribution in [2.24, 2.45) is 0 Å². The van der Waals surface area contributed by atoms with Gasteiger partial charge in [0.15, 0.2) is 5.82 Å². The van der Waals surface area contributed by atoms with E-state index in [1.807, 2.05) is 41.9 Å². The van der Waals surface area contributed by atoms with Crippen LogP contribution < -0.4 is 10.1 Å². The molecule has 0 saturated carbocycles. The summed E-state index contributed by atoms with van der Waals surface area (Å²) in [5, 5.41) is 9.06. The van der Waals surface area contributed by atoms with Gasteiger partial charge in [-0.05, 0) is 25.0 Å². The largest absolute Gasteiger partial charge is 0.453 e. The highest BCUT2D eigenvalue weighted by molar-refractivity contribution is 7.16. The van der Waals surface area contributed by atoms with Crippen LogP contribution in [0.2, 0.25) is 0 Å². The number of fused-ring (bicyclic) bond motifs is 1. The lowest BCUT2D eigenvalue weighted by atomic mass is 10.0. The molecule has 1 saturated heterocycles. The Morgan fingerprint density at radius 3 is 2.71 bits per heavy atom. The number of carbonyl (C=O) groups excluding carboxylic acids is 2. The number of thiazole rings is 1. The number of aromatic nitrogens is 4. The number of rotatable bonds is 5. The lowest BCUT2D eigenvalue weighted by molar-refractivity contribution is 0.0697. The monoisotopic (exact) mass is 478 g/mol. The fourth-order valence-corrected chi connectivity index (χ4v) is 4.60. The molecule has 0 spiro atoms. The van der Waals surface area contributed by atoms with Crippen molar-refractivity contribution in [2.75, 3.05) is 20.2 Å². The van der Waals surface area contributed by atoms with Gasteiger partial charge >= 0.3 is 6.09 Å². The highest BCUT2D eigenvalue weighted by Crippen LogP contribution is 2.29. The standard InChI is InChI=1S/C23H22N6O4S/c1-32-23(31)25-15-7-9-28(10-8-15)21(30)18-13-19(33-16-5-3-2-4-6-16)27-20(26-18)17-14-24-29-11-12-34-22(17)29/h2-6,11-15H,7-10H2,1H3,(H,25,31). The third kappa shape index (κ3) is 4.55. The van der Waals surface area contributed by atoms with Crippen LogP contribution in [0.5, 0.6) is 11.6 Å². The summed E-state index contributed by atoms with van der Waals surface area (Å²) in [5.41, 5.74) is 0.967. The van der Waals surface area contributed by atoms with Crippen molar-refractivity contribution in [2.45, 2.75) is 18.9 Å². The fourth-order valence-electron chi connectivity index (χ4n) is 3.81. The number of likely N-dealkylation sites (tertiary alicyclic amines) is 1. The number of nitrogens with one attached hydrogen (secondary N) is 1. The molecule has 1 aliphatic rings. The topological polar surface area (TPSA) is 111 Å². The van der Waals surface area contributed by atoms with Crippen LogP contribution in [0.1, 0.15) is 23.3 Å². The normalized spacial score (nSPS) is 14.2. The van der Waals surface area contributed by atoms with Crippen molar-refractivity contribution in [3.05, 3.63) is 59.9 Å². The predicted octanol–water partition coefficient (Wildman–Crippen LogP) is 3.61. The Kier molecular flexibility index (Phi) is 6.09.